The van der Waals surface area contributed by atoms with Gasteiger partial charge in [-0.15, -0.1) is 0 Å². The highest BCUT2D eigenvalue weighted by atomic mass is 16.1. The van der Waals surface area contributed by atoms with E-state index in [1.54, 1.807) is 6.92 Å². The van der Waals surface area contributed by atoms with Crippen molar-refractivity contribution in [3.8, 4) is 11.3 Å². The van der Waals surface area contributed by atoms with Crippen LogP contribution in [-0.4, -0.2) is 15.8 Å². The second-order valence-electron chi connectivity index (χ2n) is 5.01. The monoisotopic (exact) mass is 254 g/mol. The molecule has 3 nitrogen and oxygen atoms in total. The van der Waals surface area contributed by atoms with Gasteiger partial charge in [-0.2, -0.15) is 0 Å². The molecule has 0 amide bonds. The van der Waals surface area contributed by atoms with Gasteiger partial charge in [0.2, 0.25) is 0 Å². The Labute approximate surface area is 113 Å². The summed E-state index contributed by atoms with van der Waals surface area (Å²) in [6, 6.07) is 8.24. The van der Waals surface area contributed by atoms with E-state index in [1.807, 2.05) is 13.0 Å². The molecule has 2 rings (SSSR count). The minimum absolute atomic E-state index is 0.0807. The Kier molecular flexibility index (Phi) is 3.74. The number of rotatable bonds is 3. The van der Waals surface area contributed by atoms with Crippen molar-refractivity contribution in [3.05, 3.63) is 46.9 Å². The van der Waals surface area contributed by atoms with Gasteiger partial charge < -0.3 is 0 Å². The normalized spacial score (nSPS) is 10.5. The maximum absolute atomic E-state index is 11.2. The van der Waals surface area contributed by atoms with Crippen molar-refractivity contribution in [2.24, 2.45) is 0 Å². The molecule has 1 heterocycles. The third kappa shape index (κ3) is 3.25. The maximum Gasteiger partial charge on any atom is 0.137 e. The number of Topliss-reactive ketones (excluding diaryl/α,β-unsaturated/α-hetero) is 1. The van der Waals surface area contributed by atoms with Gasteiger partial charge in [0.05, 0.1) is 12.1 Å². The minimum atomic E-state index is 0.0807. The number of carbonyl (C=O) groups is 1. The van der Waals surface area contributed by atoms with Crippen LogP contribution < -0.4 is 0 Å². The van der Waals surface area contributed by atoms with E-state index in [0.717, 1.165) is 17.0 Å². The Balaban J connectivity index is 2.49. The van der Waals surface area contributed by atoms with Gasteiger partial charge in [-0.1, -0.05) is 23.8 Å². The van der Waals surface area contributed by atoms with Gasteiger partial charge in [-0.05, 0) is 39.3 Å². The van der Waals surface area contributed by atoms with Gasteiger partial charge in [-0.3, -0.25) is 4.79 Å². The third-order valence-electron chi connectivity index (χ3n) is 2.97. The second-order valence-corrected chi connectivity index (χ2v) is 5.01. The molecular weight excluding hydrogens is 236 g/mol. The van der Waals surface area contributed by atoms with E-state index in [-0.39, 0.29) is 5.78 Å². The fourth-order valence-electron chi connectivity index (χ4n) is 2.17. The Morgan fingerprint density at radius 3 is 2.47 bits per heavy atom. The lowest BCUT2D eigenvalue weighted by Gasteiger charge is -2.08. The van der Waals surface area contributed by atoms with Crippen LogP contribution >= 0.6 is 0 Å². The predicted octanol–water partition coefficient (Wildman–Crippen LogP) is 3.20. The Morgan fingerprint density at radius 2 is 1.84 bits per heavy atom. The number of benzene rings is 1. The smallest absolute Gasteiger partial charge is 0.137 e. The molecule has 0 aliphatic carbocycles. The molecule has 1 aromatic heterocycles. The Hall–Kier alpha value is -2.03. The summed E-state index contributed by atoms with van der Waals surface area (Å²) in [4.78, 5) is 20.0. The minimum Gasteiger partial charge on any atom is -0.300 e. The fourth-order valence-corrected chi connectivity index (χ4v) is 2.17. The highest BCUT2D eigenvalue weighted by Gasteiger charge is 2.08. The van der Waals surface area contributed by atoms with Gasteiger partial charge in [0.15, 0.2) is 0 Å². The van der Waals surface area contributed by atoms with Crippen LogP contribution in [0.2, 0.25) is 0 Å². The summed E-state index contributed by atoms with van der Waals surface area (Å²) < 4.78 is 0. The Bertz CT molecular complexity index is 633. The molecule has 0 unspecified atom stereocenters. The van der Waals surface area contributed by atoms with Crippen molar-refractivity contribution in [1.29, 1.82) is 0 Å². The number of aromatic nitrogens is 2. The molecule has 0 saturated heterocycles. The highest BCUT2D eigenvalue weighted by Crippen LogP contribution is 2.23. The molecule has 0 aliphatic rings. The molecule has 0 N–H and O–H groups in total. The van der Waals surface area contributed by atoms with E-state index in [4.69, 9.17) is 0 Å². The van der Waals surface area contributed by atoms with Gasteiger partial charge in [0, 0.05) is 11.3 Å². The third-order valence-corrected chi connectivity index (χ3v) is 2.97. The summed E-state index contributed by atoms with van der Waals surface area (Å²) in [6.45, 7) is 7.63. The van der Waals surface area contributed by atoms with Gasteiger partial charge in [-0.25, -0.2) is 9.97 Å². The molecule has 0 fully saturated rings. The van der Waals surface area contributed by atoms with Crippen LogP contribution in [0.1, 0.15) is 29.6 Å². The first-order valence-corrected chi connectivity index (χ1v) is 6.37. The van der Waals surface area contributed by atoms with Crippen LogP contribution in [0.3, 0.4) is 0 Å². The van der Waals surface area contributed by atoms with Gasteiger partial charge in [0.25, 0.3) is 0 Å². The number of carbonyl (C=O) groups excluding carboxylic acids is 1. The van der Waals surface area contributed by atoms with Crippen molar-refractivity contribution < 1.29 is 4.79 Å². The molecular formula is C16H18N2O. The summed E-state index contributed by atoms with van der Waals surface area (Å²) in [5, 5.41) is 0. The number of ketones is 1. The standard InChI is InChI=1S/C16H18N2O/c1-10-5-6-14(11(2)7-10)15-8-12(3)17-16(18-15)9-13(4)19/h5-8H,9H2,1-4H3. The molecule has 0 saturated carbocycles. The van der Waals surface area contributed by atoms with Crippen LogP contribution in [0.4, 0.5) is 0 Å². The predicted molar refractivity (Wildman–Crippen MR) is 76.1 cm³/mol. The molecule has 98 valence electrons. The first-order valence-electron chi connectivity index (χ1n) is 6.37. The molecule has 1 aromatic carbocycles. The van der Waals surface area contributed by atoms with Crippen molar-refractivity contribution in [2.45, 2.75) is 34.1 Å². The second kappa shape index (κ2) is 5.31. The molecule has 0 atom stereocenters. The molecule has 0 bridgehead atoms. The Morgan fingerprint density at radius 1 is 1.11 bits per heavy atom. The van der Waals surface area contributed by atoms with E-state index in [0.29, 0.717) is 12.2 Å². The first kappa shape index (κ1) is 13.4. The van der Waals surface area contributed by atoms with Crippen LogP contribution in [0.15, 0.2) is 24.3 Å². The zero-order chi connectivity index (χ0) is 14.0. The lowest BCUT2D eigenvalue weighted by molar-refractivity contribution is -0.116. The van der Waals surface area contributed by atoms with Crippen molar-refractivity contribution in [2.75, 3.05) is 0 Å². The average Bonchev–Trinajstić information content (AvgIpc) is 2.26. The number of hydrogen-bond acceptors (Lipinski definition) is 3. The van der Waals surface area contributed by atoms with E-state index in [9.17, 15) is 4.79 Å². The zero-order valence-electron chi connectivity index (χ0n) is 11.8. The van der Waals surface area contributed by atoms with Crippen LogP contribution in [-0.2, 0) is 11.2 Å². The SMILES string of the molecule is CC(=O)Cc1nc(C)cc(-c2ccc(C)cc2C)n1. The molecule has 0 spiro atoms. The summed E-state index contributed by atoms with van der Waals surface area (Å²) >= 11 is 0. The molecule has 19 heavy (non-hydrogen) atoms. The van der Waals surface area contributed by atoms with Gasteiger partial charge >= 0.3 is 0 Å². The number of aryl methyl sites for hydroxylation is 3. The summed E-state index contributed by atoms with van der Waals surface area (Å²) in [5.74, 6) is 0.680. The van der Waals surface area contributed by atoms with Crippen molar-refractivity contribution in [1.82, 2.24) is 9.97 Å². The van der Waals surface area contributed by atoms with Crippen molar-refractivity contribution in [3.63, 3.8) is 0 Å². The lowest BCUT2D eigenvalue weighted by Crippen LogP contribution is -2.05. The maximum atomic E-state index is 11.2. The quantitative estimate of drug-likeness (QED) is 0.844. The molecule has 0 aliphatic heterocycles. The highest BCUT2D eigenvalue weighted by molar-refractivity contribution is 5.77. The van der Waals surface area contributed by atoms with E-state index < -0.39 is 0 Å². The molecule has 0 radical (unpaired) electrons. The molecule has 2 aromatic rings. The van der Waals surface area contributed by atoms with E-state index in [1.165, 1.54) is 11.1 Å². The van der Waals surface area contributed by atoms with Gasteiger partial charge in [0.1, 0.15) is 11.6 Å². The molecule has 3 heteroatoms. The topological polar surface area (TPSA) is 42.9 Å². The fraction of sp³-hybridized carbons (Fsp3) is 0.312. The van der Waals surface area contributed by atoms with E-state index >= 15 is 0 Å². The zero-order valence-corrected chi connectivity index (χ0v) is 11.8. The van der Waals surface area contributed by atoms with Crippen molar-refractivity contribution >= 4 is 5.78 Å². The summed E-state index contributed by atoms with van der Waals surface area (Å²) in [5.41, 5.74) is 5.30. The summed E-state index contributed by atoms with van der Waals surface area (Å²) in [6.07, 6.45) is 0.291. The van der Waals surface area contributed by atoms with Crippen LogP contribution in [0.5, 0.6) is 0 Å². The van der Waals surface area contributed by atoms with Crippen LogP contribution in [0, 0.1) is 20.8 Å². The average molecular weight is 254 g/mol. The number of nitrogens with zero attached hydrogens (tertiary/aromatic N) is 2. The van der Waals surface area contributed by atoms with Crippen LogP contribution in [0.25, 0.3) is 11.3 Å². The first-order chi connectivity index (χ1) is 8.95. The summed E-state index contributed by atoms with van der Waals surface area (Å²) in [7, 11) is 0. The van der Waals surface area contributed by atoms with E-state index in [2.05, 4.69) is 42.0 Å². The number of hydrogen-bond donors (Lipinski definition) is 0. The largest absolute Gasteiger partial charge is 0.300 e. The lowest BCUT2D eigenvalue weighted by atomic mass is 10.0.